The predicted molar refractivity (Wildman–Crippen MR) is 139 cm³/mol. The molecule has 1 saturated carbocycles. The van der Waals surface area contributed by atoms with E-state index < -0.39 is 24.3 Å². The molecule has 200 valence electrons. The van der Waals surface area contributed by atoms with Crippen molar-refractivity contribution in [1.29, 1.82) is 0 Å². The third kappa shape index (κ3) is 6.46. The van der Waals surface area contributed by atoms with Gasteiger partial charge in [-0.15, -0.1) is 11.3 Å². The number of nitrogens with one attached hydrogen (secondary N) is 2. The van der Waals surface area contributed by atoms with Crippen LogP contribution in [-0.4, -0.2) is 67.6 Å². The summed E-state index contributed by atoms with van der Waals surface area (Å²) >= 11 is 7.08. The van der Waals surface area contributed by atoms with Gasteiger partial charge in [-0.2, -0.15) is 0 Å². The van der Waals surface area contributed by atoms with Crippen LogP contribution in [0.3, 0.4) is 0 Å². The fraction of sp³-hybridized carbons (Fsp3) is 0.480. The normalized spacial score (nSPS) is 17.1. The number of amides is 3. The van der Waals surface area contributed by atoms with Crippen molar-refractivity contribution in [3.63, 3.8) is 0 Å². The van der Waals surface area contributed by atoms with Crippen LogP contribution in [0.2, 0.25) is 4.34 Å². The summed E-state index contributed by atoms with van der Waals surface area (Å²) in [6.07, 6.45) is 0.111. The number of rotatable bonds is 10. The SMILES string of the molecule is CCN(C1CCC1)[C@H](CNC(=O)c1ccc(Cl)s1)C(=O)Nc1ccc(N2CCOCC2=O)c(C(F)F)c1. The van der Waals surface area contributed by atoms with Gasteiger partial charge in [0.2, 0.25) is 5.91 Å². The number of thiophene rings is 1. The monoisotopic (exact) mass is 554 g/mol. The molecule has 0 radical (unpaired) electrons. The highest BCUT2D eigenvalue weighted by molar-refractivity contribution is 7.18. The molecule has 1 aliphatic heterocycles. The molecular weight excluding hydrogens is 526 g/mol. The Hall–Kier alpha value is -2.60. The van der Waals surface area contributed by atoms with Crippen LogP contribution in [0.15, 0.2) is 30.3 Å². The van der Waals surface area contributed by atoms with Gasteiger partial charge in [-0.3, -0.25) is 19.3 Å². The number of halogens is 3. The number of morpholine rings is 1. The van der Waals surface area contributed by atoms with Gasteiger partial charge in [0, 0.05) is 30.4 Å². The van der Waals surface area contributed by atoms with Gasteiger partial charge < -0.3 is 20.3 Å². The van der Waals surface area contributed by atoms with Gasteiger partial charge in [0.05, 0.1) is 21.5 Å². The number of hydrogen-bond acceptors (Lipinski definition) is 6. The van der Waals surface area contributed by atoms with Crippen molar-refractivity contribution in [2.24, 2.45) is 0 Å². The second-order valence-corrected chi connectivity index (χ2v) is 10.6. The Balaban J connectivity index is 1.52. The summed E-state index contributed by atoms with van der Waals surface area (Å²) in [4.78, 5) is 42.0. The fourth-order valence-electron chi connectivity index (χ4n) is 4.58. The molecule has 37 heavy (non-hydrogen) atoms. The molecule has 8 nitrogen and oxygen atoms in total. The molecule has 2 aliphatic rings. The minimum atomic E-state index is -2.85. The standard InChI is InChI=1S/C25H29ClF2N4O4S/c1-2-31(16-4-3-5-16)19(13-29-25(35)20-8-9-21(26)37-20)24(34)30-15-6-7-18(17(12-15)23(27)28)32-10-11-36-14-22(32)33/h6-9,12,16,19,23H,2-5,10-11,13-14H2,1H3,(H,29,35)(H,30,34)/t19-/m1/s1. The molecule has 2 heterocycles. The Morgan fingerprint density at radius 1 is 1.27 bits per heavy atom. The molecule has 1 aromatic heterocycles. The smallest absolute Gasteiger partial charge is 0.265 e. The van der Waals surface area contributed by atoms with Crippen LogP contribution >= 0.6 is 22.9 Å². The average molecular weight is 555 g/mol. The van der Waals surface area contributed by atoms with E-state index in [1.165, 1.54) is 23.1 Å². The molecule has 1 saturated heterocycles. The van der Waals surface area contributed by atoms with Crippen molar-refractivity contribution >= 4 is 52.0 Å². The van der Waals surface area contributed by atoms with Crippen molar-refractivity contribution in [3.8, 4) is 0 Å². The molecule has 2 aromatic rings. The van der Waals surface area contributed by atoms with E-state index in [0.29, 0.717) is 15.8 Å². The van der Waals surface area contributed by atoms with Crippen LogP contribution in [-0.2, 0) is 14.3 Å². The molecular formula is C25H29ClF2N4O4S. The van der Waals surface area contributed by atoms with Crippen LogP contribution in [0.5, 0.6) is 0 Å². The third-order valence-electron chi connectivity index (χ3n) is 6.67. The van der Waals surface area contributed by atoms with Crippen LogP contribution in [0.1, 0.15) is 47.8 Å². The number of nitrogens with zero attached hydrogens (tertiary/aromatic N) is 2. The zero-order chi connectivity index (χ0) is 26.5. The number of alkyl halides is 2. The number of anilines is 2. The van der Waals surface area contributed by atoms with Gasteiger partial charge >= 0.3 is 0 Å². The molecule has 3 amide bonds. The summed E-state index contributed by atoms with van der Waals surface area (Å²) in [5.74, 6) is -1.14. The lowest BCUT2D eigenvalue weighted by atomic mass is 9.90. The van der Waals surface area contributed by atoms with Gasteiger partial charge in [0.25, 0.3) is 18.2 Å². The highest BCUT2D eigenvalue weighted by Crippen LogP contribution is 2.33. The molecule has 0 unspecified atom stereocenters. The predicted octanol–water partition coefficient (Wildman–Crippen LogP) is 4.31. The Morgan fingerprint density at radius 3 is 2.65 bits per heavy atom. The highest BCUT2D eigenvalue weighted by Gasteiger charge is 2.34. The summed E-state index contributed by atoms with van der Waals surface area (Å²) in [6.45, 7) is 2.85. The Labute approximate surface area is 222 Å². The molecule has 1 aromatic carbocycles. The number of likely N-dealkylation sites (N-methyl/N-ethyl adjacent to an activating group) is 1. The summed E-state index contributed by atoms with van der Waals surface area (Å²) in [5.41, 5.74) is -0.0565. The third-order valence-corrected chi connectivity index (χ3v) is 7.90. The van der Waals surface area contributed by atoms with Crippen LogP contribution < -0.4 is 15.5 Å². The lowest BCUT2D eigenvalue weighted by Crippen LogP contribution is -2.56. The quantitative estimate of drug-likeness (QED) is 0.457. The zero-order valence-electron chi connectivity index (χ0n) is 20.3. The van der Waals surface area contributed by atoms with Gasteiger partial charge in [0.15, 0.2) is 0 Å². The van der Waals surface area contributed by atoms with E-state index in [0.717, 1.165) is 30.6 Å². The maximum absolute atomic E-state index is 14.0. The van der Waals surface area contributed by atoms with E-state index in [9.17, 15) is 23.2 Å². The Bertz CT molecular complexity index is 1140. The largest absolute Gasteiger partial charge is 0.370 e. The fourth-order valence-corrected chi connectivity index (χ4v) is 5.54. The number of carbonyl (C=O) groups excluding carboxylic acids is 3. The summed E-state index contributed by atoms with van der Waals surface area (Å²) in [5, 5.41) is 5.57. The lowest BCUT2D eigenvalue weighted by Gasteiger charge is -2.41. The van der Waals surface area contributed by atoms with E-state index in [4.69, 9.17) is 16.3 Å². The molecule has 4 rings (SSSR count). The van der Waals surface area contributed by atoms with E-state index in [1.807, 2.05) is 11.8 Å². The van der Waals surface area contributed by atoms with Gasteiger partial charge in [-0.1, -0.05) is 24.9 Å². The van der Waals surface area contributed by atoms with Crippen molar-refractivity contribution in [3.05, 3.63) is 45.1 Å². The van der Waals surface area contributed by atoms with Crippen molar-refractivity contribution in [1.82, 2.24) is 10.2 Å². The Kier molecular flexibility index (Phi) is 9.12. The maximum atomic E-state index is 14.0. The van der Waals surface area contributed by atoms with Crippen LogP contribution in [0.25, 0.3) is 0 Å². The number of hydrogen-bond donors (Lipinski definition) is 2. The second kappa shape index (κ2) is 12.3. The van der Waals surface area contributed by atoms with Gasteiger partial charge in [-0.05, 0) is 49.7 Å². The molecule has 1 atom stereocenters. The second-order valence-electron chi connectivity index (χ2n) is 8.91. The minimum Gasteiger partial charge on any atom is -0.370 e. The van der Waals surface area contributed by atoms with E-state index in [1.54, 1.807) is 12.1 Å². The van der Waals surface area contributed by atoms with Gasteiger partial charge in [0.1, 0.15) is 12.6 Å². The first kappa shape index (κ1) is 27.4. The highest BCUT2D eigenvalue weighted by atomic mass is 35.5. The zero-order valence-corrected chi connectivity index (χ0v) is 21.9. The summed E-state index contributed by atoms with van der Waals surface area (Å²) in [7, 11) is 0. The van der Waals surface area contributed by atoms with E-state index in [-0.39, 0.29) is 55.2 Å². The van der Waals surface area contributed by atoms with Crippen molar-refractivity contribution < 1.29 is 27.9 Å². The number of benzene rings is 1. The average Bonchev–Trinajstić information content (AvgIpc) is 3.28. The maximum Gasteiger partial charge on any atom is 0.265 e. The van der Waals surface area contributed by atoms with Gasteiger partial charge in [-0.25, -0.2) is 8.78 Å². The van der Waals surface area contributed by atoms with Crippen LogP contribution in [0.4, 0.5) is 20.2 Å². The number of carbonyl (C=O) groups is 3. The molecule has 0 spiro atoms. The lowest BCUT2D eigenvalue weighted by molar-refractivity contribution is -0.125. The van der Waals surface area contributed by atoms with E-state index in [2.05, 4.69) is 10.6 Å². The molecule has 1 aliphatic carbocycles. The molecule has 2 N–H and O–H groups in total. The summed E-state index contributed by atoms with van der Waals surface area (Å²) < 4.78 is 33.5. The first-order chi connectivity index (χ1) is 17.8. The van der Waals surface area contributed by atoms with Crippen LogP contribution in [0, 0.1) is 0 Å². The van der Waals surface area contributed by atoms with Crippen molar-refractivity contribution in [2.45, 2.75) is 44.7 Å². The Morgan fingerprint density at radius 2 is 2.05 bits per heavy atom. The first-order valence-corrected chi connectivity index (χ1v) is 13.4. The number of ether oxygens (including phenoxy) is 1. The minimum absolute atomic E-state index is 0.0482. The molecule has 0 bridgehead atoms. The topological polar surface area (TPSA) is 91.0 Å². The molecule has 2 fully saturated rings. The summed E-state index contributed by atoms with van der Waals surface area (Å²) in [6, 6.07) is 6.88. The van der Waals surface area contributed by atoms with E-state index >= 15 is 0 Å². The van der Waals surface area contributed by atoms with Crippen molar-refractivity contribution in [2.75, 3.05) is 43.1 Å². The first-order valence-electron chi connectivity index (χ1n) is 12.2. The molecule has 12 heteroatoms.